The smallest absolute Gasteiger partial charge is 0.123 e. The number of aliphatic hydroxyl groups excluding tert-OH is 1. The van der Waals surface area contributed by atoms with Gasteiger partial charge >= 0.3 is 0 Å². The maximum absolute atomic E-state index is 13.0. The molecule has 2 heterocycles. The quantitative estimate of drug-likeness (QED) is 0.856. The Kier molecular flexibility index (Phi) is 6.57. The molecule has 2 fully saturated rings. The van der Waals surface area contributed by atoms with Crippen LogP contribution in [-0.2, 0) is 14.2 Å². The summed E-state index contributed by atoms with van der Waals surface area (Å²) in [7, 11) is 0. The summed E-state index contributed by atoms with van der Waals surface area (Å²) < 4.78 is 29.9. The van der Waals surface area contributed by atoms with Gasteiger partial charge in [0.15, 0.2) is 0 Å². The predicted octanol–water partition coefficient (Wildman–Crippen LogP) is 1.76. The molecule has 1 aromatic rings. The van der Waals surface area contributed by atoms with Gasteiger partial charge in [-0.15, -0.1) is 0 Å². The van der Waals surface area contributed by atoms with E-state index in [2.05, 4.69) is 4.90 Å². The average Bonchev–Trinajstić information content (AvgIpc) is 2.62. The summed E-state index contributed by atoms with van der Waals surface area (Å²) in [4.78, 5) is 2.18. The van der Waals surface area contributed by atoms with Crippen molar-refractivity contribution in [3.63, 3.8) is 0 Å². The van der Waals surface area contributed by atoms with Crippen molar-refractivity contribution >= 4 is 0 Å². The number of morpholine rings is 1. The van der Waals surface area contributed by atoms with Crippen LogP contribution in [0.5, 0.6) is 0 Å². The van der Waals surface area contributed by atoms with Crippen LogP contribution in [0.2, 0.25) is 0 Å². The predicted molar refractivity (Wildman–Crippen MR) is 87.3 cm³/mol. The number of benzene rings is 1. The first-order valence-corrected chi connectivity index (χ1v) is 8.67. The van der Waals surface area contributed by atoms with Crippen LogP contribution in [-0.4, -0.2) is 68.3 Å². The zero-order valence-electron chi connectivity index (χ0n) is 13.9. The van der Waals surface area contributed by atoms with Gasteiger partial charge in [0.1, 0.15) is 5.82 Å². The van der Waals surface area contributed by atoms with E-state index in [9.17, 15) is 9.50 Å². The largest absolute Gasteiger partial charge is 0.389 e. The first kappa shape index (κ1) is 17.8. The number of halogens is 1. The molecule has 0 radical (unpaired) electrons. The first-order valence-electron chi connectivity index (χ1n) is 8.67. The van der Waals surface area contributed by atoms with Crippen molar-refractivity contribution < 1.29 is 23.7 Å². The molecule has 6 heteroatoms. The van der Waals surface area contributed by atoms with Crippen LogP contribution in [0.4, 0.5) is 4.39 Å². The Bertz CT molecular complexity index is 492. The molecule has 0 saturated carbocycles. The van der Waals surface area contributed by atoms with E-state index in [1.807, 2.05) is 0 Å². The third-order valence-corrected chi connectivity index (χ3v) is 4.55. The number of ether oxygens (including phenoxy) is 3. The fourth-order valence-electron chi connectivity index (χ4n) is 3.19. The Hall–Kier alpha value is -1.05. The van der Waals surface area contributed by atoms with Crippen LogP contribution < -0.4 is 0 Å². The number of hydrogen-bond donors (Lipinski definition) is 1. The molecule has 24 heavy (non-hydrogen) atoms. The summed E-state index contributed by atoms with van der Waals surface area (Å²) in [6.07, 6.45) is 1.40. The lowest BCUT2D eigenvalue weighted by molar-refractivity contribution is -0.0781. The van der Waals surface area contributed by atoms with Crippen molar-refractivity contribution in [2.75, 3.05) is 46.1 Å². The van der Waals surface area contributed by atoms with Crippen molar-refractivity contribution in [2.24, 2.45) is 0 Å². The lowest BCUT2D eigenvalue weighted by Crippen LogP contribution is -2.43. The molecule has 5 nitrogen and oxygen atoms in total. The number of hydrogen-bond acceptors (Lipinski definition) is 5. The molecule has 2 saturated heterocycles. The van der Waals surface area contributed by atoms with E-state index in [-0.39, 0.29) is 18.0 Å². The second-order valence-corrected chi connectivity index (χ2v) is 6.47. The molecule has 0 amide bonds. The highest BCUT2D eigenvalue weighted by molar-refractivity contribution is 5.19. The van der Waals surface area contributed by atoms with Crippen LogP contribution in [0.1, 0.15) is 24.5 Å². The van der Waals surface area contributed by atoms with E-state index < -0.39 is 6.10 Å². The minimum Gasteiger partial charge on any atom is -0.389 e. The van der Waals surface area contributed by atoms with Crippen molar-refractivity contribution in [1.29, 1.82) is 0 Å². The Morgan fingerprint density at radius 2 is 1.96 bits per heavy atom. The minimum absolute atomic E-state index is 0.0806. The molecular weight excluding hydrogens is 313 g/mol. The molecule has 2 atom stereocenters. The summed E-state index contributed by atoms with van der Waals surface area (Å²) in [6, 6.07) is 6.42. The number of nitrogens with zero attached hydrogens (tertiary/aromatic N) is 1. The van der Waals surface area contributed by atoms with Gasteiger partial charge in [0.25, 0.3) is 0 Å². The monoisotopic (exact) mass is 339 g/mol. The maximum Gasteiger partial charge on any atom is 0.123 e. The van der Waals surface area contributed by atoms with Gasteiger partial charge < -0.3 is 19.3 Å². The Labute approximate surface area is 142 Å². The summed E-state index contributed by atoms with van der Waals surface area (Å²) >= 11 is 0. The molecule has 134 valence electrons. The molecule has 2 aliphatic heterocycles. The topological polar surface area (TPSA) is 51.2 Å². The van der Waals surface area contributed by atoms with Crippen LogP contribution in [0, 0.1) is 5.82 Å². The summed E-state index contributed by atoms with van der Waals surface area (Å²) in [6.45, 7) is 4.47. The van der Waals surface area contributed by atoms with Crippen LogP contribution in [0.15, 0.2) is 24.3 Å². The average molecular weight is 339 g/mol. The molecule has 3 rings (SSSR count). The van der Waals surface area contributed by atoms with Crippen LogP contribution >= 0.6 is 0 Å². The third kappa shape index (κ3) is 5.22. The fourth-order valence-corrected chi connectivity index (χ4v) is 3.19. The standard InChI is InChI=1S/C18H26FNO4/c19-15-3-1-14(2-4-15)18-12-20(7-10-23-18)11-16(21)13-24-17-5-8-22-9-6-17/h1-4,16-18,21H,5-13H2/t16-,18+/m1/s1. The summed E-state index contributed by atoms with van der Waals surface area (Å²) in [5, 5.41) is 10.2. The first-order chi connectivity index (χ1) is 11.7. The normalized spacial score (nSPS) is 24.8. The SMILES string of the molecule is O[C@@H](COC1CCOCC1)CN1CCO[C@H](c2ccc(F)cc2)C1. The Balaban J connectivity index is 1.43. The maximum atomic E-state index is 13.0. The van der Waals surface area contributed by atoms with E-state index in [0.717, 1.165) is 38.2 Å². The molecule has 0 aliphatic carbocycles. The molecule has 0 unspecified atom stereocenters. The van der Waals surface area contributed by atoms with Gasteiger partial charge in [0.05, 0.1) is 31.5 Å². The summed E-state index contributed by atoms with van der Waals surface area (Å²) in [5.41, 5.74) is 0.967. The number of rotatable bonds is 6. The van der Waals surface area contributed by atoms with E-state index >= 15 is 0 Å². The highest BCUT2D eigenvalue weighted by Gasteiger charge is 2.24. The third-order valence-electron chi connectivity index (χ3n) is 4.55. The van der Waals surface area contributed by atoms with Crippen LogP contribution in [0.25, 0.3) is 0 Å². The molecule has 1 aromatic carbocycles. The molecule has 1 N–H and O–H groups in total. The number of β-amino-alcohol motifs (C(OH)–C–C–N with tert-alkyl or cyclic N) is 1. The lowest BCUT2D eigenvalue weighted by Gasteiger charge is -2.34. The van der Waals surface area contributed by atoms with Crippen molar-refractivity contribution in [3.8, 4) is 0 Å². The minimum atomic E-state index is -0.514. The molecule has 0 aromatic heterocycles. The van der Waals surface area contributed by atoms with Crippen molar-refractivity contribution in [3.05, 3.63) is 35.6 Å². The van der Waals surface area contributed by atoms with E-state index in [0.29, 0.717) is 26.3 Å². The zero-order valence-corrected chi connectivity index (χ0v) is 13.9. The van der Waals surface area contributed by atoms with Crippen molar-refractivity contribution in [1.82, 2.24) is 4.90 Å². The van der Waals surface area contributed by atoms with E-state index in [1.54, 1.807) is 12.1 Å². The second kappa shape index (κ2) is 8.87. The van der Waals surface area contributed by atoms with Gasteiger partial charge in [0.2, 0.25) is 0 Å². The highest BCUT2D eigenvalue weighted by Crippen LogP contribution is 2.22. The van der Waals surface area contributed by atoms with E-state index in [1.165, 1.54) is 12.1 Å². The van der Waals surface area contributed by atoms with Gasteiger partial charge in [-0.05, 0) is 30.5 Å². The Morgan fingerprint density at radius 3 is 2.71 bits per heavy atom. The summed E-state index contributed by atoms with van der Waals surface area (Å²) in [5.74, 6) is -0.243. The molecule has 2 aliphatic rings. The van der Waals surface area contributed by atoms with Crippen molar-refractivity contribution in [2.45, 2.75) is 31.2 Å². The van der Waals surface area contributed by atoms with Gasteiger partial charge in [-0.1, -0.05) is 12.1 Å². The number of aliphatic hydroxyl groups is 1. The zero-order chi connectivity index (χ0) is 16.8. The lowest BCUT2D eigenvalue weighted by atomic mass is 10.1. The van der Waals surface area contributed by atoms with Gasteiger partial charge in [0, 0.05) is 32.8 Å². The fraction of sp³-hybridized carbons (Fsp3) is 0.667. The Morgan fingerprint density at radius 1 is 1.21 bits per heavy atom. The van der Waals surface area contributed by atoms with Gasteiger partial charge in [-0.2, -0.15) is 0 Å². The molecule has 0 bridgehead atoms. The molecular formula is C18H26FNO4. The second-order valence-electron chi connectivity index (χ2n) is 6.47. The van der Waals surface area contributed by atoms with Gasteiger partial charge in [-0.3, -0.25) is 4.90 Å². The highest BCUT2D eigenvalue weighted by atomic mass is 19.1. The van der Waals surface area contributed by atoms with Gasteiger partial charge in [-0.25, -0.2) is 4.39 Å². The van der Waals surface area contributed by atoms with Crippen LogP contribution in [0.3, 0.4) is 0 Å². The van der Waals surface area contributed by atoms with E-state index in [4.69, 9.17) is 14.2 Å². The molecule has 0 spiro atoms.